The molecule has 0 aromatic carbocycles. The number of aliphatic carboxylic acids is 1. The molecule has 2 heterocycles. The van der Waals surface area contributed by atoms with Gasteiger partial charge in [0.15, 0.2) is 0 Å². The molecule has 0 bridgehead atoms. The molecule has 0 fully saturated rings. The molecular formula is C14H13N5O3. The van der Waals surface area contributed by atoms with Crippen LogP contribution in [0.3, 0.4) is 0 Å². The number of hydrogen-bond donors (Lipinski definition) is 3. The highest BCUT2D eigenvalue weighted by Gasteiger charge is 2.04. The van der Waals surface area contributed by atoms with Gasteiger partial charge in [0.2, 0.25) is 5.91 Å². The summed E-state index contributed by atoms with van der Waals surface area (Å²) >= 11 is 0. The van der Waals surface area contributed by atoms with Crippen molar-refractivity contribution in [2.75, 3.05) is 11.9 Å². The van der Waals surface area contributed by atoms with Crippen molar-refractivity contribution in [1.82, 2.24) is 15.0 Å². The first-order chi connectivity index (χ1) is 10.5. The second kappa shape index (κ2) is 6.93. The van der Waals surface area contributed by atoms with E-state index in [9.17, 15) is 9.59 Å². The van der Waals surface area contributed by atoms with Crippen LogP contribution in [0, 0.1) is 0 Å². The average Bonchev–Trinajstić information content (AvgIpc) is 2.51. The van der Waals surface area contributed by atoms with E-state index in [-0.39, 0.29) is 6.54 Å². The van der Waals surface area contributed by atoms with E-state index in [1.807, 2.05) is 0 Å². The first kappa shape index (κ1) is 15.1. The molecule has 0 aliphatic heterocycles. The number of pyridine rings is 1. The highest BCUT2D eigenvalue weighted by atomic mass is 16.4. The molecule has 0 spiro atoms. The van der Waals surface area contributed by atoms with Gasteiger partial charge in [-0.25, -0.2) is 9.78 Å². The molecule has 2 aromatic heterocycles. The van der Waals surface area contributed by atoms with Gasteiger partial charge < -0.3 is 16.2 Å². The lowest BCUT2D eigenvalue weighted by Crippen LogP contribution is -2.22. The molecule has 0 atom stereocenters. The second-order valence-corrected chi connectivity index (χ2v) is 4.29. The minimum atomic E-state index is -1.04. The number of anilines is 1. The van der Waals surface area contributed by atoms with Crippen LogP contribution in [-0.2, 0) is 9.59 Å². The zero-order chi connectivity index (χ0) is 15.9. The molecular weight excluding hydrogens is 286 g/mol. The third kappa shape index (κ3) is 4.37. The lowest BCUT2D eigenvalue weighted by atomic mass is 10.1. The first-order valence-electron chi connectivity index (χ1n) is 6.25. The number of rotatable bonds is 6. The Morgan fingerprint density at radius 2 is 2.00 bits per heavy atom. The summed E-state index contributed by atoms with van der Waals surface area (Å²) in [6.45, 7) is -0.0439. The maximum atomic E-state index is 10.7. The summed E-state index contributed by atoms with van der Waals surface area (Å²) in [5.41, 5.74) is 6.88. The van der Waals surface area contributed by atoms with Crippen molar-refractivity contribution in [3.05, 3.63) is 42.5 Å². The summed E-state index contributed by atoms with van der Waals surface area (Å²) in [5.74, 6) is -1.14. The Morgan fingerprint density at radius 3 is 2.73 bits per heavy atom. The van der Waals surface area contributed by atoms with Gasteiger partial charge in [-0.15, -0.1) is 0 Å². The molecule has 8 nitrogen and oxygen atoms in total. The fourth-order valence-corrected chi connectivity index (χ4v) is 1.62. The van der Waals surface area contributed by atoms with Gasteiger partial charge in [-0.1, -0.05) is 0 Å². The van der Waals surface area contributed by atoms with Crippen LogP contribution >= 0.6 is 0 Å². The summed E-state index contributed by atoms with van der Waals surface area (Å²) in [6.07, 6.45) is 8.58. The zero-order valence-corrected chi connectivity index (χ0v) is 11.4. The number of carbonyl (C=O) groups excluding carboxylic acids is 1. The Balaban J connectivity index is 2.24. The van der Waals surface area contributed by atoms with Gasteiger partial charge in [0.1, 0.15) is 5.82 Å². The molecule has 112 valence electrons. The molecule has 8 heteroatoms. The number of amides is 1. The Morgan fingerprint density at radius 1 is 1.23 bits per heavy atom. The molecule has 0 aliphatic carbocycles. The van der Waals surface area contributed by atoms with E-state index in [2.05, 4.69) is 20.3 Å². The van der Waals surface area contributed by atoms with E-state index in [0.717, 1.165) is 6.08 Å². The van der Waals surface area contributed by atoms with Crippen LogP contribution in [0.2, 0.25) is 0 Å². The van der Waals surface area contributed by atoms with Gasteiger partial charge in [0.25, 0.3) is 0 Å². The van der Waals surface area contributed by atoms with Crippen LogP contribution in [0.1, 0.15) is 5.56 Å². The standard InChI is InChI=1S/C14H13N5O3/c15-12(20)7-18-13-8-17-6-11(19-13)10-3-9(4-16-5-10)1-2-14(21)22/h1-6,8H,7H2,(H2,15,20)(H,18,19)(H,21,22)/b2-1+. The highest BCUT2D eigenvalue weighted by molar-refractivity contribution is 5.85. The minimum Gasteiger partial charge on any atom is -0.478 e. The maximum Gasteiger partial charge on any atom is 0.328 e. The number of primary amides is 1. The maximum absolute atomic E-state index is 10.7. The molecule has 0 saturated heterocycles. The quantitative estimate of drug-likeness (QED) is 0.663. The Hall–Kier alpha value is -3.29. The number of nitrogens with two attached hydrogens (primary N) is 1. The average molecular weight is 299 g/mol. The summed E-state index contributed by atoms with van der Waals surface area (Å²) in [4.78, 5) is 33.6. The monoisotopic (exact) mass is 299 g/mol. The highest BCUT2D eigenvalue weighted by Crippen LogP contribution is 2.18. The van der Waals surface area contributed by atoms with E-state index in [4.69, 9.17) is 10.8 Å². The van der Waals surface area contributed by atoms with E-state index in [0.29, 0.717) is 22.6 Å². The van der Waals surface area contributed by atoms with Crippen molar-refractivity contribution in [2.24, 2.45) is 5.73 Å². The van der Waals surface area contributed by atoms with Gasteiger partial charge in [0, 0.05) is 24.0 Å². The van der Waals surface area contributed by atoms with Crippen LogP contribution < -0.4 is 11.1 Å². The van der Waals surface area contributed by atoms with E-state index in [1.165, 1.54) is 24.7 Å². The van der Waals surface area contributed by atoms with Crippen molar-refractivity contribution in [1.29, 1.82) is 0 Å². The van der Waals surface area contributed by atoms with Gasteiger partial charge >= 0.3 is 5.97 Å². The van der Waals surface area contributed by atoms with E-state index >= 15 is 0 Å². The number of nitrogens with zero attached hydrogens (tertiary/aromatic N) is 3. The summed E-state index contributed by atoms with van der Waals surface area (Å²) < 4.78 is 0. The van der Waals surface area contributed by atoms with Crippen LogP contribution in [0.4, 0.5) is 5.82 Å². The molecule has 0 radical (unpaired) electrons. The smallest absolute Gasteiger partial charge is 0.328 e. The van der Waals surface area contributed by atoms with Crippen LogP contribution in [0.15, 0.2) is 36.9 Å². The molecule has 0 unspecified atom stereocenters. The molecule has 4 N–H and O–H groups in total. The predicted octanol–water partition coefficient (Wildman–Crippen LogP) is 0.534. The van der Waals surface area contributed by atoms with E-state index < -0.39 is 11.9 Å². The number of aromatic nitrogens is 3. The predicted molar refractivity (Wildman–Crippen MR) is 79.6 cm³/mol. The third-order valence-corrected chi connectivity index (χ3v) is 2.55. The lowest BCUT2D eigenvalue weighted by Gasteiger charge is -2.05. The summed E-state index contributed by atoms with van der Waals surface area (Å²) in [7, 11) is 0. The number of carbonyl (C=O) groups is 2. The second-order valence-electron chi connectivity index (χ2n) is 4.29. The number of carboxylic acids is 1. The van der Waals surface area contributed by atoms with Crippen molar-refractivity contribution in [2.45, 2.75) is 0 Å². The van der Waals surface area contributed by atoms with Crippen LogP contribution in [0.5, 0.6) is 0 Å². The molecule has 2 aromatic rings. The Labute approximate surface area is 125 Å². The molecule has 2 rings (SSSR count). The topological polar surface area (TPSA) is 131 Å². The van der Waals surface area contributed by atoms with Crippen molar-refractivity contribution in [3.63, 3.8) is 0 Å². The van der Waals surface area contributed by atoms with Gasteiger partial charge in [-0.3, -0.25) is 14.8 Å². The molecule has 0 aliphatic rings. The Bertz CT molecular complexity index is 730. The largest absolute Gasteiger partial charge is 0.478 e. The zero-order valence-electron chi connectivity index (χ0n) is 11.4. The fraction of sp³-hybridized carbons (Fsp3) is 0.0714. The van der Waals surface area contributed by atoms with Crippen molar-refractivity contribution >= 4 is 23.8 Å². The first-order valence-corrected chi connectivity index (χ1v) is 6.25. The van der Waals surface area contributed by atoms with Crippen molar-refractivity contribution < 1.29 is 14.7 Å². The SMILES string of the molecule is NC(=O)CNc1cncc(-c2cncc(/C=C/C(=O)O)c2)n1. The van der Waals surface area contributed by atoms with Crippen molar-refractivity contribution in [3.8, 4) is 11.3 Å². The lowest BCUT2D eigenvalue weighted by molar-refractivity contribution is -0.131. The number of nitrogens with one attached hydrogen (secondary N) is 1. The minimum absolute atomic E-state index is 0.0439. The fourth-order valence-electron chi connectivity index (χ4n) is 1.62. The number of carboxylic acid groups (broad SMARTS) is 1. The normalized spacial score (nSPS) is 10.5. The number of hydrogen-bond acceptors (Lipinski definition) is 6. The van der Waals surface area contributed by atoms with E-state index in [1.54, 1.807) is 12.3 Å². The molecule has 1 amide bonds. The third-order valence-electron chi connectivity index (χ3n) is 2.55. The van der Waals surface area contributed by atoms with Crippen LogP contribution in [-0.4, -0.2) is 38.5 Å². The molecule has 22 heavy (non-hydrogen) atoms. The van der Waals surface area contributed by atoms with Gasteiger partial charge in [-0.2, -0.15) is 0 Å². The summed E-state index contributed by atoms with van der Waals surface area (Å²) in [6, 6.07) is 1.73. The van der Waals surface area contributed by atoms with Crippen LogP contribution in [0.25, 0.3) is 17.3 Å². The Kier molecular flexibility index (Phi) is 4.76. The summed E-state index contributed by atoms with van der Waals surface area (Å²) in [5, 5.41) is 11.4. The van der Waals surface area contributed by atoms with Gasteiger partial charge in [0.05, 0.1) is 24.6 Å². The van der Waals surface area contributed by atoms with Gasteiger partial charge in [-0.05, 0) is 17.7 Å². The molecule has 0 saturated carbocycles.